The van der Waals surface area contributed by atoms with Crippen LogP contribution in [0.4, 0.5) is 5.82 Å². The van der Waals surface area contributed by atoms with Crippen LogP contribution in [0.3, 0.4) is 0 Å². The fourth-order valence-electron chi connectivity index (χ4n) is 5.51. The van der Waals surface area contributed by atoms with Crippen LogP contribution in [0.1, 0.15) is 42.9 Å². The molecule has 0 fully saturated rings. The van der Waals surface area contributed by atoms with E-state index in [1.54, 1.807) is 30.5 Å². The Bertz CT molecular complexity index is 1620. The molecule has 1 amide bonds. The van der Waals surface area contributed by atoms with Crippen LogP contribution in [0.5, 0.6) is 0 Å². The van der Waals surface area contributed by atoms with E-state index in [1.165, 1.54) is 0 Å². The Labute approximate surface area is 231 Å². The van der Waals surface area contributed by atoms with Gasteiger partial charge in [0.15, 0.2) is 5.78 Å². The molecule has 3 heterocycles. The largest absolute Gasteiger partial charge is 0.460 e. The van der Waals surface area contributed by atoms with Crippen molar-refractivity contribution < 1.29 is 14.0 Å². The number of ketones is 1. The zero-order valence-electron chi connectivity index (χ0n) is 21.3. The fourth-order valence-corrected chi connectivity index (χ4v) is 5.70. The Kier molecular flexibility index (Phi) is 6.63. The van der Waals surface area contributed by atoms with Crippen molar-refractivity contribution in [3.63, 3.8) is 0 Å². The number of carbonyl (C=O) groups is 2. The first kappa shape index (κ1) is 24.9. The Balaban J connectivity index is 1.43. The molecule has 4 aromatic rings. The standard InChI is InChI=1S/C32H26ClN3O3/c1-19-29(32(38)36-28-12-5-6-15-34-28)31(27-14-13-26(39-27)21-10-7-11-23(33)16-21)30-24(35-19)17-22(18-25(30)37)20-8-3-2-4-9-20/h2-16,22,31,35H,17-18H2,1H3,(H,34,36,38). The molecular formula is C32H26ClN3O3. The molecule has 2 aromatic heterocycles. The number of rotatable bonds is 5. The number of amides is 1. The highest BCUT2D eigenvalue weighted by atomic mass is 35.5. The molecule has 194 valence electrons. The normalized spacial score (nSPS) is 19.0. The van der Waals surface area contributed by atoms with Crippen LogP contribution in [-0.2, 0) is 9.59 Å². The predicted molar refractivity (Wildman–Crippen MR) is 151 cm³/mol. The number of allylic oxidation sites excluding steroid dienone is 3. The molecule has 1 aliphatic carbocycles. The molecule has 0 saturated heterocycles. The van der Waals surface area contributed by atoms with E-state index in [9.17, 15) is 9.59 Å². The number of Topliss-reactive ketones (excluding diaryl/α,β-unsaturated/α-hetero) is 1. The first-order valence-corrected chi connectivity index (χ1v) is 13.2. The Morgan fingerprint density at radius 3 is 2.59 bits per heavy atom. The molecule has 0 radical (unpaired) electrons. The average Bonchev–Trinajstić information content (AvgIpc) is 3.43. The van der Waals surface area contributed by atoms with Gasteiger partial charge in [-0.25, -0.2) is 4.98 Å². The summed E-state index contributed by atoms with van der Waals surface area (Å²) in [5, 5.41) is 6.90. The molecule has 39 heavy (non-hydrogen) atoms. The van der Waals surface area contributed by atoms with E-state index in [2.05, 4.69) is 27.8 Å². The maximum Gasteiger partial charge on any atom is 0.255 e. The van der Waals surface area contributed by atoms with Gasteiger partial charge in [-0.2, -0.15) is 0 Å². The minimum absolute atomic E-state index is 0.000977. The number of carbonyl (C=O) groups excluding carboxylic acids is 2. The number of dihydropyridines is 1. The van der Waals surface area contributed by atoms with Crippen molar-refractivity contribution in [2.24, 2.45) is 0 Å². The number of anilines is 1. The van der Waals surface area contributed by atoms with Gasteiger partial charge in [0.05, 0.1) is 11.5 Å². The van der Waals surface area contributed by atoms with Gasteiger partial charge in [0, 0.05) is 40.2 Å². The van der Waals surface area contributed by atoms with Crippen LogP contribution < -0.4 is 10.6 Å². The summed E-state index contributed by atoms with van der Waals surface area (Å²) in [4.78, 5) is 31.8. The van der Waals surface area contributed by atoms with Gasteiger partial charge in [-0.15, -0.1) is 0 Å². The SMILES string of the molecule is CC1=C(C(=O)Nc2ccccn2)C(c2ccc(-c3cccc(Cl)c3)o2)C2=C(CC(c3ccccc3)CC2=O)N1. The van der Waals surface area contributed by atoms with Crippen LogP contribution in [0.15, 0.2) is 118 Å². The van der Waals surface area contributed by atoms with Crippen molar-refractivity contribution in [3.05, 3.63) is 130 Å². The van der Waals surface area contributed by atoms with Crippen molar-refractivity contribution in [2.75, 3.05) is 5.32 Å². The van der Waals surface area contributed by atoms with Crippen LogP contribution >= 0.6 is 11.6 Å². The molecule has 6 nitrogen and oxygen atoms in total. The molecule has 2 aromatic carbocycles. The molecule has 2 atom stereocenters. The molecule has 2 unspecified atom stereocenters. The number of nitrogens with zero attached hydrogens (tertiary/aromatic N) is 1. The number of halogens is 1. The van der Waals surface area contributed by atoms with E-state index in [-0.39, 0.29) is 17.6 Å². The van der Waals surface area contributed by atoms with Gasteiger partial charge in [-0.1, -0.05) is 60.1 Å². The number of aromatic nitrogens is 1. The van der Waals surface area contributed by atoms with Crippen LogP contribution in [0, 0.1) is 0 Å². The van der Waals surface area contributed by atoms with E-state index >= 15 is 0 Å². The molecule has 1 aliphatic heterocycles. The lowest BCUT2D eigenvalue weighted by molar-refractivity contribution is -0.116. The summed E-state index contributed by atoms with van der Waals surface area (Å²) in [6, 6.07) is 26.5. The van der Waals surface area contributed by atoms with Gasteiger partial charge in [0.1, 0.15) is 17.3 Å². The summed E-state index contributed by atoms with van der Waals surface area (Å²) in [5.74, 6) is 0.618. The maximum atomic E-state index is 13.8. The zero-order chi connectivity index (χ0) is 26.9. The lowest BCUT2D eigenvalue weighted by Gasteiger charge is -2.36. The first-order valence-electron chi connectivity index (χ1n) is 12.8. The summed E-state index contributed by atoms with van der Waals surface area (Å²) in [6.45, 7) is 1.86. The molecule has 7 heteroatoms. The number of benzene rings is 2. The van der Waals surface area contributed by atoms with E-state index in [0.717, 1.165) is 16.8 Å². The highest BCUT2D eigenvalue weighted by Crippen LogP contribution is 2.46. The molecule has 0 saturated carbocycles. The van der Waals surface area contributed by atoms with Gasteiger partial charge >= 0.3 is 0 Å². The summed E-state index contributed by atoms with van der Waals surface area (Å²) >= 11 is 6.22. The topological polar surface area (TPSA) is 84.2 Å². The summed E-state index contributed by atoms with van der Waals surface area (Å²) in [7, 11) is 0. The predicted octanol–water partition coefficient (Wildman–Crippen LogP) is 7.00. The van der Waals surface area contributed by atoms with E-state index in [4.69, 9.17) is 16.0 Å². The minimum atomic E-state index is -0.665. The molecule has 0 bridgehead atoms. The smallest absolute Gasteiger partial charge is 0.255 e. The van der Waals surface area contributed by atoms with Crippen LogP contribution in [0.25, 0.3) is 11.3 Å². The van der Waals surface area contributed by atoms with E-state index in [1.807, 2.05) is 55.5 Å². The highest BCUT2D eigenvalue weighted by Gasteiger charge is 2.42. The van der Waals surface area contributed by atoms with Crippen molar-refractivity contribution in [2.45, 2.75) is 31.6 Å². The highest BCUT2D eigenvalue weighted by molar-refractivity contribution is 6.30. The second kappa shape index (κ2) is 10.4. The third kappa shape index (κ3) is 4.91. The average molecular weight is 536 g/mol. The Hall–Kier alpha value is -4.42. The number of hydrogen-bond donors (Lipinski definition) is 2. The van der Waals surface area contributed by atoms with Crippen molar-refractivity contribution >= 4 is 29.1 Å². The van der Waals surface area contributed by atoms with Crippen LogP contribution in [0.2, 0.25) is 5.02 Å². The molecular weight excluding hydrogens is 510 g/mol. The van der Waals surface area contributed by atoms with Gasteiger partial charge < -0.3 is 15.1 Å². The second-order valence-corrected chi connectivity index (χ2v) is 10.2. The maximum absolute atomic E-state index is 13.8. The molecule has 2 aliphatic rings. The van der Waals surface area contributed by atoms with E-state index < -0.39 is 5.92 Å². The second-order valence-electron chi connectivity index (χ2n) is 9.81. The van der Waals surface area contributed by atoms with Gasteiger partial charge in [-0.3, -0.25) is 9.59 Å². The van der Waals surface area contributed by atoms with Crippen molar-refractivity contribution in [1.82, 2.24) is 10.3 Å². The summed E-state index contributed by atoms with van der Waals surface area (Å²) in [6.07, 6.45) is 2.64. The van der Waals surface area contributed by atoms with Crippen molar-refractivity contribution in [1.29, 1.82) is 0 Å². The number of nitrogens with one attached hydrogen (secondary N) is 2. The van der Waals surface area contributed by atoms with Gasteiger partial charge in [0.2, 0.25) is 0 Å². The zero-order valence-corrected chi connectivity index (χ0v) is 22.0. The summed E-state index contributed by atoms with van der Waals surface area (Å²) in [5.41, 5.74) is 4.45. The Morgan fingerprint density at radius 1 is 1.00 bits per heavy atom. The molecule has 6 rings (SSSR count). The Morgan fingerprint density at radius 2 is 1.82 bits per heavy atom. The third-order valence-electron chi connectivity index (χ3n) is 7.27. The number of pyridine rings is 1. The molecule has 2 N–H and O–H groups in total. The van der Waals surface area contributed by atoms with Gasteiger partial charge in [0.25, 0.3) is 5.91 Å². The number of furan rings is 1. The van der Waals surface area contributed by atoms with E-state index in [0.29, 0.717) is 52.0 Å². The third-order valence-corrected chi connectivity index (χ3v) is 7.51. The van der Waals surface area contributed by atoms with Crippen molar-refractivity contribution in [3.8, 4) is 11.3 Å². The van der Waals surface area contributed by atoms with Gasteiger partial charge in [-0.05, 0) is 61.2 Å². The molecule has 0 spiro atoms. The quantitative estimate of drug-likeness (QED) is 0.287. The number of hydrogen-bond acceptors (Lipinski definition) is 5. The lowest BCUT2D eigenvalue weighted by Crippen LogP contribution is -2.37. The first-order chi connectivity index (χ1) is 19.0. The lowest BCUT2D eigenvalue weighted by atomic mass is 9.73. The minimum Gasteiger partial charge on any atom is -0.460 e. The van der Waals surface area contributed by atoms with Crippen LogP contribution in [-0.4, -0.2) is 16.7 Å². The monoisotopic (exact) mass is 535 g/mol. The fraction of sp³-hybridized carbons (Fsp3) is 0.156. The summed E-state index contributed by atoms with van der Waals surface area (Å²) < 4.78 is 6.35.